The summed E-state index contributed by atoms with van der Waals surface area (Å²) in [5, 5.41) is 2.84. The molecule has 0 saturated carbocycles. The molecule has 2 amide bonds. The summed E-state index contributed by atoms with van der Waals surface area (Å²) in [7, 11) is 1.51. The smallest absolute Gasteiger partial charge is 0.410 e. The molecule has 0 atom stereocenters. The number of terminal acetylenes is 1. The fourth-order valence-corrected chi connectivity index (χ4v) is 2.83. The van der Waals surface area contributed by atoms with Gasteiger partial charge in [0.15, 0.2) is 0 Å². The van der Waals surface area contributed by atoms with Crippen LogP contribution in [-0.4, -0.2) is 75.7 Å². The summed E-state index contributed by atoms with van der Waals surface area (Å²) >= 11 is 0. The second-order valence-electron chi connectivity index (χ2n) is 8.57. The van der Waals surface area contributed by atoms with Gasteiger partial charge in [-0.2, -0.15) is 0 Å². The number of carbonyl (C=O) groups is 2. The van der Waals surface area contributed by atoms with Gasteiger partial charge in [-0.25, -0.2) is 4.79 Å². The average molecular weight is 478 g/mol. The van der Waals surface area contributed by atoms with Gasteiger partial charge in [-0.3, -0.25) is 4.79 Å². The highest BCUT2D eigenvalue weighted by Crippen LogP contribution is 2.22. The van der Waals surface area contributed by atoms with Crippen molar-refractivity contribution in [1.82, 2.24) is 10.2 Å². The third kappa shape index (κ3) is 12.3. The molecule has 1 aromatic carbocycles. The van der Waals surface area contributed by atoms with Crippen molar-refractivity contribution in [1.29, 1.82) is 0 Å². The molecular formula is C25H39N3O6. The molecule has 0 heterocycles. The Hall–Kier alpha value is -2.96. The minimum absolute atomic E-state index is 0.190. The molecule has 0 aliphatic heterocycles. The molecule has 0 fully saturated rings. The molecule has 0 spiro atoms. The van der Waals surface area contributed by atoms with Crippen molar-refractivity contribution in [2.24, 2.45) is 0 Å². The van der Waals surface area contributed by atoms with Crippen LogP contribution in [0.25, 0.3) is 0 Å². The summed E-state index contributed by atoms with van der Waals surface area (Å²) in [6.07, 6.45) is 6.78. The number of methoxy groups -OCH3 is 1. The molecule has 9 nitrogen and oxygen atoms in total. The van der Waals surface area contributed by atoms with Gasteiger partial charge in [0.05, 0.1) is 26.0 Å². The average Bonchev–Trinajstić information content (AvgIpc) is 2.78. The number of nitrogens with one attached hydrogen (secondary N) is 1. The highest BCUT2D eigenvalue weighted by Gasteiger charge is 2.21. The van der Waals surface area contributed by atoms with E-state index in [1.54, 1.807) is 23.1 Å². The van der Waals surface area contributed by atoms with Crippen LogP contribution in [0.4, 0.5) is 10.5 Å². The number of hydrogen-bond donors (Lipinski definition) is 2. The van der Waals surface area contributed by atoms with Crippen molar-refractivity contribution in [2.75, 3.05) is 58.9 Å². The second kappa shape index (κ2) is 15.8. The zero-order chi connectivity index (χ0) is 25.4. The van der Waals surface area contributed by atoms with Crippen molar-refractivity contribution >= 4 is 17.7 Å². The van der Waals surface area contributed by atoms with Gasteiger partial charge in [0.1, 0.15) is 11.4 Å². The van der Waals surface area contributed by atoms with Gasteiger partial charge in [0.25, 0.3) is 5.91 Å². The Kier molecular flexibility index (Phi) is 13.5. The minimum Gasteiger partial charge on any atom is -0.495 e. The number of carbonyl (C=O) groups excluding carboxylic acids is 2. The largest absolute Gasteiger partial charge is 0.495 e. The molecule has 0 bridgehead atoms. The van der Waals surface area contributed by atoms with Gasteiger partial charge < -0.3 is 34.9 Å². The van der Waals surface area contributed by atoms with Gasteiger partial charge in [-0.1, -0.05) is 0 Å². The predicted molar refractivity (Wildman–Crippen MR) is 132 cm³/mol. The Bertz CT molecular complexity index is 801. The number of nitrogens with two attached hydrogens (primary N) is 1. The third-order valence-corrected chi connectivity index (χ3v) is 4.51. The Labute approximate surface area is 203 Å². The molecule has 3 N–H and O–H groups in total. The topological polar surface area (TPSA) is 112 Å². The van der Waals surface area contributed by atoms with Crippen LogP contribution in [0.15, 0.2) is 18.2 Å². The summed E-state index contributed by atoms with van der Waals surface area (Å²) < 4.78 is 21.6. The molecule has 0 aliphatic carbocycles. The summed E-state index contributed by atoms with van der Waals surface area (Å²) in [5.74, 6) is 2.83. The normalized spacial score (nSPS) is 10.9. The van der Waals surface area contributed by atoms with Crippen LogP contribution < -0.4 is 15.8 Å². The Morgan fingerprint density at radius 2 is 1.76 bits per heavy atom. The first-order chi connectivity index (χ1) is 16.2. The van der Waals surface area contributed by atoms with Crippen LogP contribution in [0.3, 0.4) is 0 Å². The molecule has 34 heavy (non-hydrogen) atoms. The van der Waals surface area contributed by atoms with Crippen LogP contribution >= 0.6 is 0 Å². The second-order valence-corrected chi connectivity index (χ2v) is 8.57. The Morgan fingerprint density at radius 3 is 2.38 bits per heavy atom. The molecule has 9 heteroatoms. The number of benzene rings is 1. The SMILES string of the molecule is C#CCCN(CCCOCCOCCCNC(=O)c1ccc(N)c(OC)c1)C(=O)OC(C)(C)C. The van der Waals surface area contributed by atoms with Crippen molar-refractivity contribution in [2.45, 2.75) is 45.6 Å². The summed E-state index contributed by atoms with van der Waals surface area (Å²) in [5.41, 5.74) is 6.18. The van der Waals surface area contributed by atoms with Crippen LogP contribution in [0.5, 0.6) is 5.75 Å². The van der Waals surface area contributed by atoms with Crippen molar-refractivity contribution in [3.8, 4) is 18.1 Å². The van der Waals surface area contributed by atoms with E-state index < -0.39 is 5.60 Å². The number of hydrogen-bond acceptors (Lipinski definition) is 7. The predicted octanol–water partition coefficient (Wildman–Crippen LogP) is 3.08. The quantitative estimate of drug-likeness (QED) is 0.227. The first kappa shape index (κ1) is 29.1. The number of nitrogens with zero attached hydrogens (tertiary/aromatic N) is 1. The van der Waals surface area contributed by atoms with Crippen LogP contribution in [0.1, 0.15) is 50.4 Å². The maximum atomic E-state index is 12.3. The maximum Gasteiger partial charge on any atom is 0.410 e. The van der Waals surface area contributed by atoms with Crippen LogP contribution in [0.2, 0.25) is 0 Å². The molecule has 0 radical (unpaired) electrons. The molecule has 1 rings (SSSR count). The van der Waals surface area contributed by atoms with E-state index in [1.165, 1.54) is 7.11 Å². The number of amides is 2. The van der Waals surface area contributed by atoms with E-state index in [1.807, 2.05) is 20.8 Å². The monoisotopic (exact) mass is 477 g/mol. The van der Waals surface area contributed by atoms with Crippen LogP contribution in [-0.2, 0) is 14.2 Å². The Balaban J connectivity index is 2.11. The number of rotatable bonds is 15. The number of nitrogen functional groups attached to an aromatic ring is 1. The fourth-order valence-electron chi connectivity index (χ4n) is 2.83. The lowest BCUT2D eigenvalue weighted by Gasteiger charge is -2.27. The molecule has 0 saturated heterocycles. The van der Waals surface area contributed by atoms with Gasteiger partial charge in [0.2, 0.25) is 0 Å². The lowest BCUT2D eigenvalue weighted by Crippen LogP contribution is -2.38. The van der Waals surface area contributed by atoms with E-state index in [-0.39, 0.29) is 12.0 Å². The zero-order valence-electron chi connectivity index (χ0n) is 20.9. The van der Waals surface area contributed by atoms with Crippen molar-refractivity contribution in [3.05, 3.63) is 23.8 Å². The third-order valence-electron chi connectivity index (χ3n) is 4.51. The van der Waals surface area contributed by atoms with E-state index in [2.05, 4.69) is 11.2 Å². The van der Waals surface area contributed by atoms with Crippen LogP contribution in [0, 0.1) is 12.3 Å². The van der Waals surface area contributed by atoms with Crippen molar-refractivity contribution < 1.29 is 28.5 Å². The van der Waals surface area contributed by atoms with Gasteiger partial charge in [-0.15, -0.1) is 12.3 Å². The molecular weight excluding hydrogens is 438 g/mol. The highest BCUT2D eigenvalue weighted by molar-refractivity contribution is 5.95. The van der Waals surface area contributed by atoms with Gasteiger partial charge >= 0.3 is 6.09 Å². The highest BCUT2D eigenvalue weighted by atomic mass is 16.6. The first-order valence-electron chi connectivity index (χ1n) is 11.5. The van der Waals surface area contributed by atoms with E-state index >= 15 is 0 Å². The molecule has 0 aliphatic rings. The molecule has 190 valence electrons. The van der Waals surface area contributed by atoms with E-state index in [0.717, 1.165) is 0 Å². The Morgan fingerprint density at radius 1 is 1.09 bits per heavy atom. The summed E-state index contributed by atoms with van der Waals surface area (Å²) in [6, 6.07) is 4.91. The summed E-state index contributed by atoms with van der Waals surface area (Å²) in [6.45, 7) is 8.87. The molecule has 0 aromatic heterocycles. The maximum absolute atomic E-state index is 12.3. The van der Waals surface area contributed by atoms with E-state index in [0.29, 0.717) is 82.3 Å². The van der Waals surface area contributed by atoms with E-state index in [9.17, 15) is 9.59 Å². The molecule has 1 aromatic rings. The lowest BCUT2D eigenvalue weighted by molar-refractivity contribution is 0.0202. The standard InChI is InChI=1S/C25H39N3O6/c1-6-7-13-28(24(30)34-25(2,3)4)14-9-16-33-18-17-32-15-8-12-27-23(29)20-10-11-21(26)22(19-20)31-5/h1,10-11,19H,7-9,12-18,26H2,2-5H3,(H,27,29). The van der Waals surface area contributed by atoms with Crippen molar-refractivity contribution in [3.63, 3.8) is 0 Å². The first-order valence-corrected chi connectivity index (χ1v) is 11.5. The summed E-state index contributed by atoms with van der Waals surface area (Å²) in [4.78, 5) is 26.0. The number of anilines is 1. The zero-order valence-corrected chi connectivity index (χ0v) is 20.9. The number of ether oxygens (including phenoxy) is 4. The van der Waals surface area contributed by atoms with E-state index in [4.69, 9.17) is 31.1 Å². The molecule has 0 unspecified atom stereocenters. The lowest BCUT2D eigenvalue weighted by atomic mass is 10.2. The van der Waals surface area contributed by atoms with Gasteiger partial charge in [0, 0.05) is 44.8 Å². The fraction of sp³-hybridized carbons (Fsp3) is 0.600. The minimum atomic E-state index is -0.550. The van der Waals surface area contributed by atoms with Gasteiger partial charge in [-0.05, 0) is 51.8 Å².